The van der Waals surface area contributed by atoms with Gasteiger partial charge in [-0.25, -0.2) is 4.79 Å². The van der Waals surface area contributed by atoms with Crippen molar-refractivity contribution in [3.8, 4) is 0 Å². The molecule has 21 heavy (non-hydrogen) atoms. The van der Waals surface area contributed by atoms with Crippen molar-refractivity contribution in [2.24, 2.45) is 11.5 Å². The Balaban J connectivity index is 2.39. The number of halogens is 3. The maximum atomic E-state index is 12.1. The number of hydrogen-bond donors (Lipinski definition) is 2. The van der Waals surface area contributed by atoms with Crippen LogP contribution in [0.4, 0.5) is 13.2 Å². The Hall–Kier alpha value is -1.35. The second-order valence-electron chi connectivity index (χ2n) is 4.99. The molecular weight excluding hydrogens is 291 g/mol. The maximum Gasteiger partial charge on any atom is 0.490 e. The lowest BCUT2D eigenvalue weighted by molar-refractivity contribution is -0.204. The van der Waals surface area contributed by atoms with Crippen molar-refractivity contribution in [1.29, 1.82) is 0 Å². The predicted molar refractivity (Wildman–Crippen MR) is 68.0 cm³/mol. The highest BCUT2D eigenvalue weighted by molar-refractivity contribution is 5.82. The second-order valence-corrected chi connectivity index (χ2v) is 4.99. The van der Waals surface area contributed by atoms with Gasteiger partial charge in [-0.3, -0.25) is 4.79 Å². The van der Waals surface area contributed by atoms with E-state index in [0.29, 0.717) is 19.4 Å². The molecule has 0 aromatic rings. The zero-order valence-electron chi connectivity index (χ0n) is 11.6. The summed E-state index contributed by atoms with van der Waals surface area (Å²) < 4.78 is 40.5. The average Bonchev–Trinajstić information content (AvgIpc) is 2.85. The molecular formula is C12H20F3N3O3. The molecule has 1 saturated heterocycles. The van der Waals surface area contributed by atoms with Gasteiger partial charge < -0.3 is 21.1 Å². The molecule has 0 aromatic carbocycles. The van der Waals surface area contributed by atoms with E-state index >= 15 is 0 Å². The van der Waals surface area contributed by atoms with Crippen molar-refractivity contribution in [2.45, 2.75) is 44.0 Å². The Morgan fingerprint density at radius 3 is 2.57 bits per heavy atom. The highest BCUT2D eigenvalue weighted by Gasteiger charge is 2.43. The third-order valence-corrected chi connectivity index (χ3v) is 3.25. The maximum absolute atomic E-state index is 12.1. The fourth-order valence-electron chi connectivity index (χ4n) is 2.11. The molecule has 0 saturated carbocycles. The number of amides is 1. The van der Waals surface area contributed by atoms with Crippen LogP contribution in [-0.2, 0) is 14.3 Å². The molecule has 1 aliphatic heterocycles. The fourth-order valence-corrected chi connectivity index (χ4v) is 2.11. The van der Waals surface area contributed by atoms with Gasteiger partial charge in [-0.05, 0) is 19.4 Å². The van der Waals surface area contributed by atoms with Crippen LogP contribution in [0.1, 0.15) is 25.7 Å². The molecule has 9 heteroatoms. The standard InChI is InChI=1S/C12H20F3N3O3/c13-12(14,15)11(20)21-8-4-6-18(7-8)10(19)9(17)3-1-2-5-16/h8-9H,1-7,16-17H2/t8-,9-/m0/s1. The Labute approximate surface area is 120 Å². The molecule has 1 rings (SSSR count). The normalized spacial score (nSPS) is 20.4. The molecule has 2 atom stereocenters. The molecule has 4 N–H and O–H groups in total. The Kier molecular flexibility index (Phi) is 6.41. The van der Waals surface area contributed by atoms with Gasteiger partial charge in [-0.1, -0.05) is 6.42 Å². The fraction of sp³-hybridized carbons (Fsp3) is 0.833. The highest BCUT2D eigenvalue weighted by Crippen LogP contribution is 2.21. The van der Waals surface area contributed by atoms with Crippen LogP contribution in [0.25, 0.3) is 0 Å². The molecule has 1 fully saturated rings. The van der Waals surface area contributed by atoms with Gasteiger partial charge in [0.25, 0.3) is 0 Å². The lowest BCUT2D eigenvalue weighted by Crippen LogP contribution is -2.43. The van der Waals surface area contributed by atoms with Crippen molar-refractivity contribution in [1.82, 2.24) is 4.90 Å². The summed E-state index contributed by atoms with van der Waals surface area (Å²) in [6, 6.07) is -0.700. The van der Waals surface area contributed by atoms with Crippen molar-refractivity contribution in [3.05, 3.63) is 0 Å². The van der Waals surface area contributed by atoms with Crippen LogP contribution in [0.3, 0.4) is 0 Å². The van der Waals surface area contributed by atoms with E-state index in [1.807, 2.05) is 0 Å². The number of ether oxygens (including phenoxy) is 1. The predicted octanol–water partition coefficient (Wildman–Crippen LogP) is 0.149. The lowest BCUT2D eigenvalue weighted by Gasteiger charge is -2.21. The van der Waals surface area contributed by atoms with Crippen molar-refractivity contribution >= 4 is 11.9 Å². The van der Waals surface area contributed by atoms with Crippen LogP contribution in [0, 0.1) is 0 Å². The van der Waals surface area contributed by atoms with Crippen molar-refractivity contribution < 1.29 is 27.5 Å². The van der Waals surface area contributed by atoms with Gasteiger partial charge in [0, 0.05) is 13.0 Å². The van der Waals surface area contributed by atoms with Gasteiger partial charge in [0.05, 0.1) is 12.6 Å². The number of carbonyl (C=O) groups excluding carboxylic acids is 2. The minimum Gasteiger partial charge on any atom is -0.454 e. The largest absolute Gasteiger partial charge is 0.490 e. The number of hydrogen-bond acceptors (Lipinski definition) is 5. The summed E-state index contributed by atoms with van der Waals surface area (Å²) in [7, 11) is 0. The van der Waals surface area contributed by atoms with Crippen LogP contribution in [-0.4, -0.2) is 54.7 Å². The molecule has 6 nitrogen and oxygen atoms in total. The number of carbonyl (C=O) groups is 2. The highest BCUT2D eigenvalue weighted by atomic mass is 19.4. The number of likely N-dealkylation sites (tertiary alicyclic amines) is 1. The molecule has 1 amide bonds. The van der Waals surface area contributed by atoms with Crippen LogP contribution >= 0.6 is 0 Å². The Morgan fingerprint density at radius 2 is 2.00 bits per heavy atom. The average molecular weight is 311 g/mol. The molecule has 0 unspecified atom stereocenters. The van der Waals surface area contributed by atoms with Gasteiger partial charge in [-0.2, -0.15) is 13.2 Å². The molecule has 1 heterocycles. The van der Waals surface area contributed by atoms with E-state index in [2.05, 4.69) is 4.74 Å². The van der Waals surface area contributed by atoms with E-state index in [4.69, 9.17) is 11.5 Å². The van der Waals surface area contributed by atoms with Gasteiger partial charge in [-0.15, -0.1) is 0 Å². The van der Waals surface area contributed by atoms with Crippen molar-refractivity contribution in [2.75, 3.05) is 19.6 Å². The zero-order valence-corrected chi connectivity index (χ0v) is 11.6. The Morgan fingerprint density at radius 1 is 1.33 bits per heavy atom. The first-order valence-corrected chi connectivity index (χ1v) is 6.78. The summed E-state index contributed by atoms with van der Waals surface area (Å²) in [4.78, 5) is 24.0. The number of nitrogens with two attached hydrogens (primary N) is 2. The first kappa shape index (κ1) is 17.7. The summed E-state index contributed by atoms with van der Waals surface area (Å²) >= 11 is 0. The molecule has 1 aliphatic rings. The first-order valence-electron chi connectivity index (χ1n) is 6.78. The van der Waals surface area contributed by atoms with Gasteiger partial charge in [0.15, 0.2) is 0 Å². The first-order chi connectivity index (χ1) is 9.75. The van der Waals surface area contributed by atoms with Crippen molar-refractivity contribution in [3.63, 3.8) is 0 Å². The minimum atomic E-state index is -5.02. The summed E-state index contributed by atoms with van der Waals surface area (Å²) in [6.45, 7) is 0.699. The van der Waals surface area contributed by atoms with E-state index < -0.39 is 24.3 Å². The molecule has 0 radical (unpaired) electrons. The van der Waals surface area contributed by atoms with Gasteiger partial charge in [0.2, 0.25) is 5.91 Å². The van der Waals surface area contributed by atoms with E-state index in [9.17, 15) is 22.8 Å². The van der Waals surface area contributed by atoms with Gasteiger partial charge >= 0.3 is 12.1 Å². The van der Waals surface area contributed by atoms with Gasteiger partial charge in [0.1, 0.15) is 6.10 Å². The van der Waals surface area contributed by atoms with E-state index in [-0.39, 0.29) is 25.4 Å². The zero-order chi connectivity index (χ0) is 16.0. The minimum absolute atomic E-state index is 0.0504. The van der Waals surface area contributed by atoms with E-state index in [0.717, 1.165) is 6.42 Å². The quantitative estimate of drug-likeness (QED) is 0.537. The molecule has 0 bridgehead atoms. The Bertz CT molecular complexity index is 376. The lowest BCUT2D eigenvalue weighted by atomic mass is 10.1. The molecule has 122 valence electrons. The smallest absolute Gasteiger partial charge is 0.454 e. The van der Waals surface area contributed by atoms with Crippen LogP contribution in [0.5, 0.6) is 0 Å². The van der Waals surface area contributed by atoms with E-state index in [1.54, 1.807) is 0 Å². The SMILES string of the molecule is NCCCC[C@H](N)C(=O)N1CC[C@H](OC(=O)C(F)(F)F)C1. The summed E-state index contributed by atoms with van der Waals surface area (Å²) in [5.74, 6) is -2.56. The van der Waals surface area contributed by atoms with Crippen LogP contribution in [0.2, 0.25) is 0 Å². The van der Waals surface area contributed by atoms with E-state index in [1.165, 1.54) is 4.90 Å². The van der Waals surface area contributed by atoms with Crippen LogP contribution < -0.4 is 11.5 Å². The second kappa shape index (κ2) is 7.60. The number of alkyl halides is 3. The molecule has 0 spiro atoms. The topological polar surface area (TPSA) is 98.7 Å². The number of unbranched alkanes of at least 4 members (excludes halogenated alkanes) is 1. The number of esters is 1. The monoisotopic (exact) mass is 311 g/mol. The summed E-state index contributed by atoms with van der Waals surface area (Å²) in [6.07, 6.45) is -3.82. The third-order valence-electron chi connectivity index (χ3n) is 3.25. The van der Waals surface area contributed by atoms with Crippen LogP contribution in [0.15, 0.2) is 0 Å². The number of nitrogens with zero attached hydrogens (tertiary/aromatic N) is 1. The number of rotatable bonds is 6. The summed E-state index contributed by atoms with van der Waals surface area (Å²) in [5, 5.41) is 0. The third kappa shape index (κ3) is 5.50. The molecule has 0 aliphatic carbocycles. The summed E-state index contributed by atoms with van der Waals surface area (Å²) in [5.41, 5.74) is 11.1. The molecule has 0 aromatic heterocycles.